The van der Waals surface area contributed by atoms with Gasteiger partial charge in [0.15, 0.2) is 0 Å². The quantitative estimate of drug-likeness (QED) is 0.649. The number of aliphatic hydroxyl groups is 1. The third-order valence-electron chi connectivity index (χ3n) is 2.28. The summed E-state index contributed by atoms with van der Waals surface area (Å²) in [5, 5.41) is 18.4. The zero-order valence-electron chi connectivity index (χ0n) is 11.0. The van der Waals surface area contributed by atoms with E-state index in [2.05, 4.69) is 0 Å². The fourth-order valence-corrected chi connectivity index (χ4v) is 2.41. The molecule has 0 aliphatic heterocycles. The van der Waals surface area contributed by atoms with Gasteiger partial charge in [0, 0.05) is 0 Å². The van der Waals surface area contributed by atoms with Crippen LogP contribution in [0.15, 0.2) is 29.2 Å². The first-order chi connectivity index (χ1) is 9.26. The zero-order valence-corrected chi connectivity index (χ0v) is 11.8. The van der Waals surface area contributed by atoms with E-state index in [-0.39, 0.29) is 11.4 Å². The van der Waals surface area contributed by atoms with Crippen molar-refractivity contribution in [2.45, 2.75) is 17.9 Å². The number of ether oxygens (including phenoxy) is 1. The molecule has 0 radical (unpaired) electrons. The molecule has 0 aliphatic rings. The van der Waals surface area contributed by atoms with Crippen LogP contribution in [0.25, 0.3) is 0 Å². The number of nitrogens with zero attached hydrogens (tertiary/aromatic N) is 1. The minimum Gasteiger partial charge on any atom is -0.497 e. The van der Waals surface area contributed by atoms with Crippen molar-refractivity contribution in [3.8, 4) is 5.75 Å². The van der Waals surface area contributed by atoms with Crippen LogP contribution in [0.1, 0.15) is 6.92 Å². The van der Waals surface area contributed by atoms with E-state index in [1.54, 1.807) is 0 Å². The molecule has 20 heavy (non-hydrogen) atoms. The van der Waals surface area contributed by atoms with Crippen LogP contribution in [-0.4, -0.2) is 49.5 Å². The number of sulfonamides is 1. The Kier molecular flexibility index (Phi) is 5.31. The topological polar surface area (TPSA) is 116 Å². The van der Waals surface area contributed by atoms with Gasteiger partial charge in [0.05, 0.1) is 24.7 Å². The van der Waals surface area contributed by atoms with Crippen molar-refractivity contribution >= 4 is 16.1 Å². The van der Waals surface area contributed by atoms with E-state index in [0.29, 0.717) is 10.8 Å². The van der Waals surface area contributed by atoms with Crippen molar-refractivity contribution in [3.05, 3.63) is 24.3 Å². The molecule has 0 spiro atoms. The van der Waals surface area contributed by atoms with Gasteiger partial charge in [-0.3, -0.25) is 0 Å². The van der Waals surface area contributed by atoms with E-state index < -0.39 is 22.2 Å². The number of hydrogen-bond acceptors (Lipinski definition) is 5. The first-order valence-electron chi connectivity index (χ1n) is 5.61. The summed E-state index contributed by atoms with van der Waals surface area (Å²) in [5.41, 5.74) is 0. The van der Waals surface area contributed by atoms with Gasteiger partial charge in [-0.2, -0.15) is 0 Å². The second kappa shape index (κ2) is 6.55. The fraction of sp³-hybridized carbons (Fsp3) is 0.364. The maximum Gasteiger partial charge on any atom is 0.422 e. The van der Waals surface area contributed by atoms with E-state index in [1.807, 2.05) is 4.83 Å². The highest BCUT2D eigenvalue weighted by molar-refractivity contribution is 7.89. The Morgan fingerprint density at radius 1 is 1.40 bits per heavy atom. The molecule has 112 valence electrons. The summed E-state index contributed by atoms with van der Waals surface area (Å²) >= 11 is 0. The van der Waals surface area contributed by atoms with Gasteiger partial charge in [0.25, 0.3) is 10.0 Å². The minimum absolute atomic E-state index is 0.116. The van der Waals surface area contributed by atoms with Gasteiger partial charge in [0.2, 0.25) is 0 Å². The molecule has 3 N–H and O–H groups in total. The van der Waals surface area contributed by atoms with Crippen LogP contribution in [0.4, 0.5) is 4.79 Å². The van der Waals surface area contributed by atoms with Crippen molar-refractivity contribution in [1.29, 1.82) is 0 Å². The third-order valence-corrected chi connectivity index (χ3v) is 3.63. The van der Waals surface area contributed by atoms with Gasteiger partial charge >= 0.3 is 6.09 Å². The van der Waals surface area contributed by atoms with E-state index >= 15 is 0 Å². The molecule has 1 aromatic carbocycles. The monoisotopic (exact) mass is 304 g/mol. The van der Waals surface area contributed by atoms with Gasteiger partial charge in [-0.15, -0.1) is 4.83 Å². The van der Waals surface area contributed by atoms with Gasteiger partial charge < -0.3 is 14.9 Å². The van der Waals surface area contributed by atoms with Gasteiger partial charge in [0.1, 0.15) is 5.75 Å². The second-order valence-electron chi connectivity index (χ2n) is 4.01. The number of hydrogen-bond donors (Lipinski definition) is 3. The van der Waals surface area contributed by atoms with E-state index in [4.69, 9.17) is 14.9 Å². The second-order valence-corrected chi connectivity index (χ2v) is 5.67. The number of benzene rings is 1. The van der Waals surface area contributed by atoms with Crippen LogP contribution >= 0.6 is 0 Å². The molecule has 8 nitrogen and oxygen atoms in total. The van der Waals surface area contributed by atoms with Gasteiger partial charge in [-0.25, -0.2) is 18.2 Å². The lowest BCUT2D eigenvalue weighted by atomic mass is 10.3. The Morgan fingerprint density at radius 2 is 1.95 bits per heavy atom. The Morgan fingerprint density at radius 3 is 2.35 bits per heavy atom. The summed E-state index contributed by atoms with van der Waals surface area (Å²) in [5.74, 6) is 0.475. The molecule has 0 saturated heterocycles. The summed E-state index contributed by atoms with van der Waals surface area (Å²) in [7, 11) is -2.61. The van der Waals surface area contributed by atoms with E-state index in [1.165, 1.54) is 38.3 Å². The van der Waals surface area contributed by atoms with Crippen molar-refractivity contribution in [2.75, 3.05) is 13.7 Å². The number of amides is 1. The number of nitrogens with one attached hydrogen (secondary N) is 1. The van der Waals surface area contributed by atoms with Gasteiger partial charge in [-0.05, 0) is 31.2 Å². The summed E-state index contributed by atoms with van der Waals surface area (Å²) in [6, 6.07) is 5.44. The van der Waals surface area contributed by atoms with Crippen molar-refractivity contribution in [3.63, 3.8) is 0 Å². The van der Waals surface area contributed by atoms with Crippen LogP contribution in [0.2, 0.25) is 0 Å². The average molecular weight is 304 g/mol. The molecule has 0 saturated carbocycles. The van der Waals surface area contributed by atoms with Crippen LogP contribution in [0, 0.1) is 0 Å². The summed E-state index contributed by atoms with van der Waals surface area (Å²) in [6.45, 7) is 0.961. The Hall–Kier alpha value is -1.84. The SMILES string of the molecule is COc1ccc(S(=O)(=O)NN(CC(C)O)C(=O)O)cc1. The van der Waals surface area contributed by atoms with Crippen molar-refractivity contribution in [1.82, 2.24) is 9.84 Å². The van der Waals surface area contributed by atoms with Crippen LogP contribution < -0.4 is 9.57 Å². The number of methoxy groups -OCH3 is 1. The average Bonchev–Trinajstić information content (AvgIpc) is 2.37. The number of carboxylic acid groups (broad SMARTS) is 1. The normalized spacial score (nSPS) is 12.8. The fourth-order valence-electron chi connectivity index (χ4n) is 1.37. The minimum atomic E-state index is -4.05. The molecule has 1 atom stereocenters. The molecule has 0 aliphatic carbocycles. The van der Waals surface area contributed by atoms with E-state index in [9.17, 15) is 13.2 Å². The molecule has 9 heteroatoms. The molecule has 0 aromatic heterocycles. The lowest BCUT2D eigenvalue weighted by molar-refractivity contribution is 0.0948. The lowest BCUT2D eigenvalue weighted by Crippen LogP contribution is -2.48. The Bertz CT molecular complexity index is 555. The molecule has 1 amide bonds. The molecule has 1 rings (SSSR count). The van der Waals surface area contributed by atoms with Crippen LogP contribution in [0.3, 0.4) is 0 Å². The molecular weight excluding hydrogens is 288 g/mol. The molecular formula is C11H16N2O6S. The maximum atomic E-state index is 12.0. The standard InChI is InChI=1S/C11H16N2O6S/c1-8(14)7-13(11(15)16)12-20(17,18)10-5-3-9(19-2)4-6-10/h3-6,8,12,14H,7H2,1-2H3,(H,15,16). The summed E-state index contributed by atoms with van der Waals surface area (Å²) in [6.07, 6.45) is -2.52. The summed E-state index contributed by atoms with van der Waals surface area (Å²) < 4.78 is 28.9. The Labute approximate surface area is 116 Å². The number of rotatable bonds is 6. The van der Waals surface area contributed by atoms with Crippen LogP contribution in [-0.2, 0) is 10.0 Å². The first kappa shape index (κ1) is 16.2. The van der Waals surface area contributed by atoms with Crippen molar-refractivity contribution < 1.29 is 28.2 Å². The highest BCUT2D eigenvalue weighted by Crippen LogP contribution is 2.15. The highest BCUT2D eigenvalue weighted by atomic mass is 32.2. The largest absolute Gasteiger partial charge is 0.497 e. The molecule has 0 fully saturated rings. The maximum absolute atomic E-state index is 12.0. The third kappa shape index (κ3) is 4.37. The molecule has 0 bridgehead atoms. The molecule has 1 unspecified atom stereocenters. The first-order valence-corrected chi connectivity index (χ1v) is 7.09. The predicted octanol–water partition coefficient (Wildman–Crippen LogP) is 0.249. The summed E-state index contributed by atoms with van der Waals surface area (Å²) in [4.78, 5) is 12.7. The van der Waals surface area contributed by atoms with E-state index in [0.717, 1.165) is 0 Å². The Balaban J connectivity index is 2.93. The van der Waals surface area contributed by atoms with Crippen molar-refractivity contribution in [2.24, 2.45) is 0 Å². The molecule has 0 heterocycles. The smallest absolute Gasteiger partial charge is 0.422 e. The number of aliphatic hydroxyl groups excluding tert-OH is 1. The number of carbonyl (C=O) groups is 1. The number of hydrazine groups is 1. The zero-order chi connectivity index (χ0) is 15.3. The highest BCUT2D eigenvalue weighted by Gasteiger charge is 2.22. The predicted molar refractivity (Wildman–Crippen MR) is 69.7 cm³/mol. The van der Waals surface area contributed by atoms with Gasteiger partial charge in [-0.1, -0.05) is 0 Å². The van der Waals surface area contributed by atoms with Crippen LogP contribution in [0.5, 0.6) is 5.75 Å². The molecule has 1 aromatic rings. The lowest BCUT2D eigenvalue weighted by Gasteiger charge is -2.21.